The molecule has 0 atom stereocenters. The Morgan fingerprint density at radius 1 is 1.03 bits per heavy atom. The summed E-state index contributed by atoms with van der Waals surface area (Å²) in [5, 5.41) is 1.56. The Bertz CT molecular complexity index is 1050. The second-order valence-corrected chi connectivity index (χ2v) is 11.3. The first-order valence-corrected chi connectivity index (χ1v) is 13.7. The normalized spacial score (nSPS) is 17.9. The highest BCUT2D eigenvalue weighted by atomic mass is 32.2. The highest BCUT2D eigenvalue weighted by molar-refractivity contribution is 7.99. The lowest BCUT2D eigenvalue weighted by Gasteiger charge is -2.35. The SMILES string of the molecule is O=C(OCC(=O)N1CCN(c2ccccn2)CC1)c1sccc1S(=O)(=O)N1CCSCC1. The Labute approximate surface area is 195 Å². The largest absolute Gasteiger partial charge is 0.451 e. The number of carbonyl (C=O) groups excluding carboxylic acids is 2. The molecule has 1 amide bonds. The van der Waals surface area contributed by atoms with Gasteiger partial charge in [-0.15, -0.1) is 11.3 Å². The van der Waals surface area contributed by atoms with Crippen LogP contribution in [-0.2, 0) is 19.6 Å². The summed E-state index contributed by atoms with van der Waals surface area (Å²) < 4.78 is 32.5. The number of ether oxygens (including phenoxy) is 1. The van der Waals surface area contributed by atoms with Gasteiger partial charge in [0.25, 0.3) is 5.91 Å². The summed E-state index contributed by atoms with van der Waals surface area (Å²) in [6, 6.07) is 7.13. The number of sulfonamides is 1. The smallest absolute Gasteiger partial charge is 0.350 e. The summed E-state index contributed by atoms with van der Waals surface area (Å²) >= 11 is 2.71. The lowest BCUT2D eigenvalue weighted by Crippen LogP contribution is -2.50. The van der Waals surface area contributed by atoms with E-state index in [0.717, 1.165) is 28.7 Å². The molecule has 4 heterocycles. The summed E-state index contributed by atoms with van der Waals surface area (Å²) in [7, 11) is -3.76. The van der Waals surface area contributed by atoms with Crippen LogP contribution in [0.25, 0.3) is 0 Å². The summed E-state index contributed by atoms with van der Waals surface area (Å²) in [4.78, 5) is 33.2. The number of carbonyl (C=O) groups is 2. The monoisotopic (exact) mass is 496 g/mol. The zero-order valence-corrected chi connectivity index (χ0v) is 19.8. The number of hydrogen-bond acceptors (Lipinski definition) is 9. The van der Waals surface area contributed by atoms with Gasteiger partial charge in [-0.25, -0.2) is 18.2 Å². The van der Waals surface area contributed by atoms with Crippen molar-refractivity contribution in [3.63, 3.8) is 0 Å². The van der Waals surface area contributed by atoms with Gasteiger partial charge in [0.2, 0.25) is 10.0 Å². The van der Waals surface area contributed by atoms with Crippen LogP contribution in [0.15, 0.2) is 40.7 Å². The van der Waals surface area contributed by atoms with Crippen molar-refractivity contribution in [2.45, 2.75) is 4.90 Å². The highest BCUT2D eigenvalue weighted by Crippen LogP contribution is 2.27. The number of aromatic nitrogens is 1. The van der Waals surface area contributed by atoms with Gasteiger partial charge in [-0.1, -0.05) is 6.07 Å². The summed E-state index contributed by atoms with van der Waals surface area (Å²) in [6.07, 6.45) is 1.73. The molecule has 0 aromatic carbocycles. The van der Waals surface area contributed by atoms with E-state index in [9.17, 15) is 18.0 Å². The molecule has 0 saturated carbocycles. The average Bonchev–Trinajstić information content (AvgIpc) is 3.35. The van der Waals surface area contributed by atoms with Gasteiger partial charge in [0.15, 0.2) is 6.61 Å². The van der Waals surface area contributed by atoms with E-state index in [1.807, 2.05) is 18.2 Å². The summed E-state index contributed by atoms with van der Waals surface area (Å²) in [5.74, 6) is 1.24. The number of rotatable bonds is 6. The minimum Gasteiger partial charge on any atom is -0.451 e. The minimum absolute atomic E-state index is 0.0102. The first-order valence-electron chi connectivity index (χ1n) is 10.2. The second-order valence-electron chi connectivity index (χ2n) is 7.26. The van der Waals surface area contributed by atoms with E-state index in [1.165, 1.54) is 10.4 Å². The molecule has 0 N–H and O–H groups in total. The molecule has 0 radical (unpaired) electrons. The molecule has 0 spiro atoms. The van der Waals surface area contributed by atoms with Crippen LogP contribution in [0.5, 0.6) is 0 Å². The van der Waals surface area contributed by atoms with Crippen molar-refractivity contribution in [2.24, 2.45) is 0 Å². The van der Waals surface area contributed by atoms with Crippen LogP contribution in [0.2, 0.25) is 0 Å². The van der Waals surface area contributed by atoms with E-state index in [2.05, 4.69) is 9.88 Å². The number of thioether (sulfide) groups is 1. The van der Waals surface area contributed by atoms with E-state index in [4.69, 9.17) is 4.74 Å². The van der Waals surface area contributed by atoms with Gasteiger partial charge in [-0.05, 0) is 23.6 Å². The molecule has 0 aliphatic carbocycles. The fraction of sp³-hybridized carbons (Fsp3) is 0.450. The van der Waals surface area contributed by atoms with Gasteiger partial charge in [0.05, 0.1) is 0 Å². The van der Waals surface area contributed by atoms with Gasteiger partial charge in [0.1, 0.15) is 15.6 Å². The highest BCUT2D eigenvalue weighted by Gasteiger charge is 2.32. The van der Waals surface area contributed by atoms with Crippen LogP contribution in [0, 0.1) is 0 Å². The van der Waals surface area contributed by atoms with Crippen LogP contribution in [0.4, 0.5) is 5.82 Å². The van der Waals surface area contributed by atoms with Crippen molar-refractivity contribution >= 4 is 50.8 Å². The third kappa shape index (κ3) is 5.08. The number of hydrogen-bond donors (Lipinski definition) is 0. The molecular weight excluding hydrogens is 472 g/mol. The molecule has 0 unspecified atom stereocenters. The van der Waals surface area contributed by atoms with Gasteiger partial charge in [-0.3, -0.25) is 4.79 Å². The number of pyridine rings is 1. The number of thiophene rings is 1. The Balaban J connectivity index is 1.32. The molecular formula is C20H24N4O5S3. The molecule has 172 valence electrons. The number of anilines is 1. The number of amides is 1. The van der Waals surface area contributed by atoms with Crippen molar-refractivity contribution in [1.82, 2.24) is 14.2 Å². The van der Waals surface area contributed by atoms with Gasteiger partial charge in [-0.2, -0.15) is 16.1 Å². The first-order chi connectivity index (χ1) is 15.5. The van der Waals surface area contributed by atoms with Crippen molar-refractivity contribution in [1.29, 1.82) is 0 Å². The van der Waals surface area contributed by atoms with Crippen LogP contribution in [0.1, 0.15) is 9.67 Å². The molecule has 2 fully saturated rings. The summed E-state index contributed by atoms with van der Waals surface area (Å²) in [5.41, 5.74) is 0. The maximum atomic E-state index is 12.9. The van der Waals surface area contributed by atoms with Crippen molar-refractivity contribution in [2.75, 3.05) is 62.3 Å². The lowest BCUT2D eigenvalue weighted by molar-refractivity contribution is -0.134. The van der Waals surface area contributed by atoms with Crippen molar-refractivity contribution in [3.05, 3.63) is 40.7 Å². The Hall–Kier alpha value is -2.15. The Morgan fingerprint density at radius 3 is 2.47 bits per heavy atom. The predicted molar refractivity (Wildman–Crippen MR) is 124 cm³/mol. The maximum absolute atomic E-state index is 12.9. The Morgan fingerprint density at radius 2 is 1.78 bits per heavy atom. The van der Waals surface area contributed by atoms with Crippen molar-refractivity contribution < 1.29 is 22.7 Å². The molecule has 2 aromatic rings. The molecule has 2 aliphatic rings. The molecule has 4 rings (SSSR count). The third-order valence-corrected chi connectivity index (χ3v) is 9.24. The Kier molecular flexibility index (Phi) is 7.33. The van der Waals surface area contributed by atoms with E-state index < -0.39 is 22.6 Å². The molecule has 2 aromatic heterocycles. The quantitative estimate of drug-likeness (QED) is 0.553. The molecule has 32 heavy (non-hydrogen) atoms. The maximum Gasteiger partial charge on any atom is 0.350 e. The molecule has 2 saturated heterocycles. The number of nitrogens with zero attached hydrogens (tertiary/aromatic N) is 4. The van der Waals surface area contributed by atoms with Crippen molar-refractivity contribution in [3.8, 4) is 0 Å². The van der Waals surface area contributed by atoms with Crippen LogP contribution >= 0.6 is 23.1 Å². The summed E-state index contributed by atoms with van der Waals surface area (Å²) in [6.45, 7) is 2.69. The second kappa shape index (κ2) is 10.2. The fourth-order valence-corrected chi connectivity index (χ4v) is 7.44. The molecule has 12 heteroatoms. The molecule has 9 nitrogen and oxygen atoms in total. The van der Waals surface area contributed by atoms with Crippen LogP contribution < -0.4 is 4.90 Å². The van der Waals surface area contributed by atoms with Gasteiger partial charge >= 0.3 is 5.97 Å². The topological polar surface area (TPSA) is 100 Å². The van der Waals surface area contributed by atoms with E-state index in [0.29, 0.717) is 39.3 Å². The van der Waals surface area contributed by atoms with Crippen LogP contribution in [-0.4, -0.2) is 91.9 Å². The third-order valence-electron chi connectivity index (χ3n) is 5.33. The lowest BCUT2D eigenvalue weighted by atomic mass is 10.3. The number of piperazine rings is 1. The van der Waals surface area contributed by atoms with E-state index in [1.54, 1.807) is 28.2 Å². The fourth-order valence-electron chi connectivity index (χ4n) is 3.59. The standard InChI is InChI=1S/C20H24N4O5S3/c25-18(23-8-6-22(7-9-23)17-3-1-2-5-21-17)15-29-20(26)19-16(4-12-31-19)32(27,28)24-10-13-30-14-11-24/h1-5,12H,6-11,13-15H2. The zero-order valence-electron chi connectivity index (χ0n) is 17.4. The van der Waals surface area contributed by atoms with E-state index in [-0.39, 0.29) is 15.7 Å². The average molecular weight is 497 g/mol. The number of esters is 1. The van der Waals surface area contributed by atoms with Crippen LogP contribution in [0.3, 0.4) is 0 Å². The molecule has 2 aliphatic heterocycles. The van der Waals surface area contributed by atoms with Gasteiger partial charge in [0, 0.05) is 57.0 Å². The van der Waals surface area contributed by atoms with Gasteiger partial charge < -0.3 is 14.5 Å². The molecule has 0 bridgehead atoms. The zero-order chi connectivity index (χ0) is 22.6. The predicted octanol–water partition coefficient (Wildman–Crippen LogP) is 1.39. The minimum atomic E-state index is -3.76. The van der Waals surface area contributed by atoms with E-state index >= 15 is 0 Å². The first kappa shape index (κ1) is 23.0.